The van der Waals surface area contributed by atoms with E-state index in [0.717, 1.165) is 10.0 Å². The van der Waals surface area contributed by atoms with E-state index in [9.17, 15) is 8.42 Å². The Morgan fingerprint density at radius 3 is 2.06 bits per heavy atom. The summed E-state index contributed by atoms with van der Waals surface area (Å²) in [5, 5.41) is 4.04. The van der Waals surface area contributed by atoms with Crippen LogP contribution in [-0.2, 0) is 16.4 Å². The fraction of sp³-hybridized carbons (Fsp3) is 0.0455. The predicted octanol–water partition coefficient (Wildman–Crippen LogP) is 6.86. The number of nitrogens with zero attached hydrogens (tertiary/aromatic N) is 1. The summed E-state index contributed by atoms with van der Waals surface area (Å²) in [4.78, 5) is 4.43. The molecule has 0 amide bonds. The Kier molecular flexibility index (Phi) is 6.39. The Bertz CT molecular complexity index is 1300. The van der Waals surface area contributed by atoms with E-state index in [0.29, 0.717) is 22.2 Å². The number of sulfone groups is 1. The van der Waals surface area contributed by atoms with Crippen molar-refractivity contribution in [3.05, 3.63) is 92.9 Å². The molecule has 0 aliphatic heterocycles. The first kappa shape index (κ1) is 21.9. The van der Waals surface area contributed by atoms with Crippen LogP contribution in [0.5, 0.6) is 0 Å². The average molecular weight is 538 g/mol. The molecule has 0 spiro atoms. The van der Waals surface area contributed by atoms with Gasteiger partial charge >= 0.3 is 0 Å². The highest BCUT2D eigenvalue weighted by molar-refractivity contribution is 9.10. The Hall–Kier alpha value is -2.32. The molecule has 1 heterocycles. The predicted molar refractivity (Wildman–Crippen MR) is 125 cm³/mol. The molecule has 0 radical (unpaired) electrons. The van der Waals surface area contributed by atoms with Crippen LogP contribution in [0.2, 0.25) is 10.0 Å². The molecule has 0 unspecified atom stereocenters. The molecule has 1 N–H and O–H groups in total. The van der Waals surface area contributed by atoms with Crippen molar-refractivity contribution >= 4 is 54.9 Å². The van der Waals surface area contributed by atoms with Gasteiger partial charge in [-0.25, -0.2) is 8.42 Å². The van der Waals surface area contributed by atoms with Crippen LogP contribution in [0, 0.1) is 0 Å². The summed E-state index contributed by atoms with van der Waals surface area (Å²) in [6.07, 6.45) is 0. The van der Waals surface area contributed by atoms with E-state index in [1.807, 2.05) is 12.1 Å². The van der Waals surface area contributed by atoms with Crippen molar-refractivity contribution in [1.82, 2.24) is 4.98 Å². The Morgan fingerprint density at radius 1 is 0.871 bits per heavy atom. The molecule has 3 aromatic carbocycles. The van der Waals surface area contributed by atoms with Gasteiger partial charge in [-0.1, -0.05) is 51.3 Å². The standard InChI is InChI=1S/C22H15BrCl2N2O3S/c23-16-5-11-19(12-6-16)31(28,29)22-21(26-13-14-1-7-17(24)8-2-14)30-20(27-22)15-3-9-18(25)10-4-15/h1-12,26H,13H2. The fourth-order valence-electron chi connectivity index (χ4n) is 2.83. The zero-order valence-electron chi connectivity index (χ0n) is 15.8. The first-order chi connectivity index (χ1) is 14.8. The number of benzene rings is 3. The van der Waals surface area contributed by atoms with E-state index in [1.165, 1.54) is 12.1 Å². The zero-order chi connectivity index (χ0) is 22.0. The summed E-state index contributed by atoms with van der Waals surface area (Å²) in [6.45, 7) is 0.329. The van der Waals surface area contributed by atoms with Crippen molar-refractivity contribution in [1.29, 1.82) is 0 Å². The molecule has 0 aliphatic carbocycles. The topological polar surface area (TPSA) is 72.2 Å². The normalized spacial score (nSPS) is 11.5. The van der Waals surface area contributed by atoms with E-state index >= 15 is 0 Å². The van der Waals surface area contributed by atoms with Gasteiger partial charge in [0.25, 0.3) is 0 Å². The quantitative estimate of drug-likeness (QED) is 0.291. The number of aromatic nitrogens is 1. The van der Waals surface area contributed by atoms with Gasteiger partial charge in [0.1, 0.15) is 0 Å². The van der Waals surface area contributed by atoms with Crippen molar-refractivity contribution < 1.29 is 12.8 Å². The molecule has 1 aromatic heterocycles. The van der Waals surface area contributed by atoms with Crippen LogP contribution < -0.4 is 5.32 Å². The molecule has 0 fully saturated rings. The maximum absolute atomic E-state index is 13.3. The summed E-state index contributed by atoms with van der Waals surface area (Å²) >= 11 is 15.2. The van der Waals surface area contributed by atoms with Crippen LogP contribution in [0.15, 0.2) is 91.6 Å². The van der Waals surface area contributed by atoms with E-state index < -0.39 is 9.84 Å². The minimum Gasteiger partial charge on any atom is -0.419 e. The molecule has 5 nitrogen and oxygen atoms in total. The van der Waals surface area contributed by atoms with Gasteiger partial charge in [0.15, 0.2) is 0 Å². The van der Waals surface area contributed by atoms with Crippen LogP contribution in [-0.4, -0.2) is 13.4 Å². The number of anilines is 1. The van der Waals surface area contributed by atoms with E-state index in [2.05, 4.69) is 26.2 Å². The summed E-state index contributed by atoms with van der Waals surface area (Å²) in [5.41, 5.74) is 1.51. The molecular formula is C22H15BrCl2N2O3S. The lowest BCUT2D eigenvalue weighted by molar-refractivity contribution is 0.576. The van der Waals surface area contributed by atoms with Gasteiger partial charge < -0.3 is 9.73 Å². The van der Waals surface area contributed by atoms with Gasteiger partial charge in [-0.15, -0.1) is 0 Å². The molecule has 4 aromatic rings. The van der Waals surface area contributed by atoms with Gasteiger partial charge in [0.2, 0.25) is 26.6 Å². The molecule has 0 atom stereocenters. The zero-order valence-corrected chi connectivity index (χ0v) is 19.8. The van der Waals surface area contributed by atoms with Crippen LogP contribution in [0.25, 0.3) is 11.5 Å². The smallest absolute Gasteiger partial charge is 0.234 e. The van der Waals surface area contributed by atoms with Crippen molar-refractivity contribution in [3.63, 3.8) is 0 Å². The highest BCUT2D eigenvalue weighted by Gasteiger charge is 2.28. The second kappa shape index (κ2) is 9.04. The third kappa shape index (κ3) is 4.96. The first-order valence-electron chi connectivity index (χ1n) is 9.09. The van der Waals surface area contributed by atoms with Crippen LogP contribution in [0.4, 0.5) is 5.88 Å². The lowest BCUT2D eigenvalue weighted by Gasteiger charge is -2.06. The largest absolute Gasteiger partial charge is 0.419 e. The molecule has 0 aliphatic rings. The number of hydrogen-bond acceptors (Lipinski definition) is 5. The molecule has 31 heavy (non-hydrogen) atoms. The fourth-order valence-corrected chi connectivity index (χ4v) is 4.62. The van der Waals surface area contributed by atoms with Crippen molar-refractivity contribution in [3.8, 4) is 11.5 Å². The highest BCUT2D eigenvalue weighted by Crippen LogP contribution is 2.33. The number of nitrogens with one attached hydrogen (secondary N) is 1. The molecule has 9 heteroatoms. The highest BCUT2D eigenvalue weighted by atomic mass is 79.9. The second-order valence-corrected chi connectivity index (χ2v) is 10.3. The summed E-state index contributed by atoms with van der Waals surface area (Å²) < 4.78 is 33.2. The summed E-state index contributed by atoms with van der Waals surface area (Å²) in [5.74, 6) is 0.230. The number of halogens is 3. The summed E-state index contributed by atoms with van der Waals surface area (Å²) in [6, 6.07) is 20.4. The van der Waals surface area contributed by atoms with Gasteiger partial charge in [0.05, 0.1) is 4.90 Å². The second-order valence-electron chi connectivity index (χ2n) is 6.60. The van der Waals surface area contributed by atoms with Gasteiger partial charge in [-0.05, 0) is 66.2 Å². The first-order valence-corrected chi connectivity index (χ1v) is 12.1. The van der Waals surface area contributed by atoms with Gasteiger partial charge in [0, 0.05) is 26.6 Å². The van der Waals surface area contributed by atoms with Crippen LogP contribution in [0.1, 0.15) is 5.56 Å². The monoisotopic (exact) mass is 536 g/mol. The van der Waals surface area contributed by atoms with Crippen LogP contribution in [0.3, 0.4) is 0 Å². The SMILES string of the molecule is O=S(=O)(c1ccc(Br)cc1)c1nc(-c2ccc(Cl)cc2)oc1NCc1ccc(Cl)cc1. The number of hydrogen-bond donors (Lipinski definition) is 1. The van der Waals surface area contributed by atoms with E-state index in [4.69, 9.17) is 27.6 Å². The lowest BCUT2D eigenvalue weighted by Crippen LogP contribution is -2.07. The van der Waals surface area contributed by atoms with E-state index in [-0.39, 0.29) is 21.7 Å². The van der Waals surface area contributed by atoms with Crippen molar-refractivity contribution in [2.24, 2.45) is 0 Å². The molecule has 158 valence electrons. The van der Waals surface area contributed by atoms with Gasteiger partial charge in [-0.3, -0.25) is 0 Å². The minimum absolute atomic E-state index is 0.0582. The molecular weight excluding hydrogens is 523 g/mol. The van der Waals surface area contributed by atoms with Crippen LogP contribution >= 0.6 is 39.1 Å². The number of oxazole rings is 1. The average Bonchev–Trinajstić information content (AvgIpc) is 3.19. The Labute approximate surface area is 198 Å². The summed E-state index contributed by atoms with van der Waals surface area (Å²) in [7, 11) is -3.93. The minimum atomic E-state index is -3.93. The third-order valence-electron chi connectivity index (χ3n) is 4.43. The Morgan fingerprint density at radius 2 is 1.45 bits per heavy atom. The maximum Gasteiger partial charge on any atom is 0.234 e. The Balaban J connectivity index is 1.74. The molecule has 0 saturated heterocycles. The van der Waals surface area contributed by atoms with E-state index in [1.54, 1.807) is 48.5 Å². The third-order valence-corrected chi connectivity index (χ3v) is 7.14. The van der Waals surface area contributed by atoms with Crippen molar-refractivity contribution in [2.45, 2.75) is 16.5 Å². The molecule has 0 saturated carbocycles. The molecule has 4 rings (SSSR count). The lowest BCUT2D eigenvalue weighted by atomic mass is 10.2. The maximum atomic E-state index is 13.3. The van der Waals surface area contributed by atoms with Gasteiger partial charge in [-0.2, -0.15) is 4.98 Å². The molecule has 0 bridgehead atoms. The number of rotatable bonds is 6. The van der Waals surface area contributed by atoms with Crippen molar-refractivity contribution in [2.75, 3.05) is 5.32 Å².